The van der Waals surface area contributed by atoms with Crippen molar-refractivity contribution in [2.45, 2.75) is 6.92 Å². The number of amides is 1. The van der Waals surface area contributed by atoms with E-state index in [9.17, 15) is 14.0 Å². The van der Waals surface area contributed by atoms with Crippen LogP contribution in [0.2, 0.25) is 0 Å². The lowest BCUT2D eigenvalue weighted by atomic mass is 10.2. The van der Waals surface area contributed by atoms with Gasteiger partial charge in [-0.25, -0.2) is 14.0 Å². The largest absolute Gasteiger partial charge is 0.478 e. The Morgan fingerprint density at radius 1 is 1.50 bits per heavy atom. The third-order valence-corrected chi connectivity index (χ3v) is 1.73. The minimum atomic E-state index is -1.20. The Hall–Kier alpha value is -2.11. The number of hydrogen-bond donors (Lipinski definition) is 2. The van der Waals surface area contributed by atoms with Crippen molar-refractivity contribution in [2.24, 2.45) is 0 Å². The molecule has 0 heterocycles. The maximum atomic E-state index is 13.2. The van der Waals surface area contributed by atoms with Crippen LogP contribution in [-0.4, -0.2) is 23.8 Å². The van der Waals surface area contributed by atoms with E-state index in [1.807, 2.05) is 0 Å². The summed E-state index contributed by atoms with van der Waals surface area (Å²) < 4.78 is 17.7. The van der Waals surface area contributed by atoms with Gasteiger partial charge in [0.25, 0.3) is 0 Å². The normalized spacial score (nSPS) is 9.62. The summed E-state index contributed by atoms with van der Waals surface area (Å²) in [6.07, 6.45) is -0.830. The van der Waals surface area contributed by atoms with E-state index in [-0.39, 0.29) is 17.9 Å². The van der Waals surface area contributed by atoms with Crippen LogP contribution in [0.5, 0.6) is 0 Å². The van der Waals surface area contributed by atoms with Gasteiger partial charge in [-0.1, -0.05) is 0 Å². The Kier molecular flexibility index (Phi) is 3.82. The molecule has 0 saturated heterocycles. The molecule has 0 spiro atoms. The number of anilines is 1. The van der Waals surface area contributed by atoms with Crippen molar-refractivity contribution >= 4 is 17.7 Å². The molecule has 1 amide bonds. The van der Waals surface area contributed by atoms with Crippen molar-refractivity contribution in [3.63, 3.8) is 0 Å². The van der Waals surface area contributed by atoms with Crippen molar-refractivity contribution in [1.29, 1.82) is 0 Å². The summed E-state index contributed by atoms with van der Waals surface area (Å²) in [5, 5.41) is 10.8. The monoisotopic (exact) mass is 227 g/mol. The van der Waals surface area contributed by atoms with Crippen molar-refractivity contribution in [2.75, 3.05) is 11.9 Å². The molecule has 86 valence electrons. The summed E-state index contributed by atoms with van der Waals surface area (Å²) in [6.45, 7) is 1.75. The highest BCUT2D eigenvalue weighted by Gasteiger charge is 2.11. The van der Waals surface area contributed by atoms with Crippen LogP contribution in [0.15, 0.2) is 18.2 Å². The Bertz CT molecular complexity index is 419. The molecule has 0 aliphatic carbocycles. The predicted octanol–water partition coefficient (Wildman–Crippen LogP) is 2.09. The molecule has 1 rings (SSSR count). The number of benzene rings is 1. The highest BCUT2D eigenvalue weighted by Crippen LogP contribution is 2.16. The second-order valence-electron chi connectivity index (χ2n) is 2.85. The van der Waals surface area contributed by atoms with Crippen molar-refractivity contribution in [3.8, 4) is 0 Å². The quantitative estimate of drug-likeness (QED) is 0.828. The molecular formula is C10H10FNO4. The first kappa shape index (κ1) is 12.0. The number of ether oxygens (including phenoxy) is 1. The van der Waals surface area contributed by atoms with Gasteiger partial charge in [0.2, 0.25) is 0 Å². The van der Waals surface area contributed by atoms with Gasteiger partial charge in [-0.05, 0) is 25.1 Å². The zero-order valence-electron chi connectivity index (χ0n) is 8.49. The van der Waals surface area contributed by atoms with E-state index in [2.05, 4.69) is 10.1 Å². The van der Waals surface area contributed by atoms with E-state index in [1.165, 1.54) is 0 Å². The second kappa shape index (κ2) is 5.11. The van der Waals surface area contributed by atoms with Crippen LogP contribution < -0.4 is 5.32 Å². The molecule has 0 radical (unpaired) electrons. The molecule has 1 aromatic carbocycles. The molecule has 0 bridgehead atoms. The van der Waals surface area contributed by atoms with Gasteiger partial charge in [-0.2, -0.15) is 0 Å². The third kappa shape index (κ3) is 2.94. The summed E-state index contributed by atoms with van der Waals surface area (Å²) in [7, 11) is 0. The molecule has 0 aliphatic heterocycles. The van der Waals surface area contributed by atoms with Crippen LogP contribution in [0.25, 0.3) is 0 Å². The van der Waals surface area contributed by atoms with E-state index in [0.717, 1.165) is 18.2 Å². The minimum absolute atomic E-state index is 0.117. The van der Waals surface area contributed by atoms with Crippen molar-refractivity contribution in [3.05, 3.63) is 29.6 Å². The standard InChI is InChI=1S/C10H10FNO4/c1-2-16-10(15)12-8-5-6(9(13)14)3-4-7(8)11/h3-5H,2H2,1H3,(H,12,15)(H,13,14). The number of carbonyl (C=O) groups excluding carboxylic acids is 1. The highest BCUT2D eigenvalue weighted by atomic mass is 19.1. The molecule has 1 aromatic rings. The van der Waals surface area contributed by atoms with Crippen molar-refractivity contribution in [1.82, 2.24) is 0 Å². The zero-order valence-corrected chi connectivity index (χ0v) is 8.49. The van der Waals surface area contributed by atoms with Gasteiger partial charge in [-0.3, -0.25) is 5.32 Å². The molecule has 0 unspecified atom stereocenters. The average molecular weight is 227 g/mol. The van der Waals surface area contributed by atoms with E-state index in [0.29, 0.717) is 0 Å². The summed E-state index contributed by atoms with van der Waals surface area (Å²) in [4.78, 5) is 21.6. The van der Waals surface area contributed by atoms with Crippen LogP contribution in [0.4, 0.5) is 14.9 Å². The fraction of sp³-hybridized carbons (Fsp3) is 0.200. The molecule has 0 saturated carbocycles. The number of rotatable bonds is 3. The van der Waals surface area contributed by atoms with E-state index >= 15 is 0 Å². The van der Waals surface area contributed by atoms with Gasteiger partial charge >= 0.3 is 12.1 Å². The van der Waals surface area contributed by atoms with Gasteiger partial charge in [0, 0.05) is 0 Å². The molecule has 16 heavy (non-hydrogen) atoms. The summed E-state index contributed by atoms with van der Waals surface area (Å²) in [5.41, 5.74) is -0.341. The lowest BCUT2D eigenvalue weighted by molar-refractivity contribution is 0.0696. The topological polar surface area (TPSA) is 75.6 Å². The molecule has 0 fully saturated rings. The predicted molar refractivity (Wildman–Crippen MR) is 54.0 cm³/mol. The number of nitrogens with one attached hydrogen (secondary N) is 1. The second-order valence-corrected chi connectivity index (χ2v) is 2.85. The number of carbonyl (C=O) groups is 2. The number of hydrogen-bond acceptors (Lipinski definition) is 3. The van der Waals surface area contributed by atoms with Crippen LogP contribution in [0.3, 0.4) is 0 Å². The maximum Gasteiger partial charge on any atom is 0.411 e. The minimum Gasteiger partial charge on any atom is -0.478 e. The fourth-order valence-electron chi connectivity index (χ4n) is 1.03. The van der Waals surface area contributed by atoms with Crippen molar-refractivity contribution < 1.29 is 23.8 Å². The first-order valence-corrected chi connectivity index (χ1v) is 4.51. The molecule has 0 aromatic heterocycles. The van der Waals surface area contributed by atoms with E-state index in [4.69, 9.17) is 5.11 Å². The first-order valence-electron chi connectivity index (χ1n) is 4.51. The lowest BCUT2D eigenvalue weighted by Gasteiger charge is -2.06. The third-order valence-electron chi connectivity index (χ3n) is 1.73. The van der Waals surface area contributed by atoms with E-state index < -0.39 is 17.9 Å². The highest BCUT2D eigenvalue weighted by molar-refractivity contribution is 5.91. The number of carboxylic acids is 1. The van der Waals surface area contributed by atoms with Gasteiger partial charge in [0.1, 0.15) is 5.82 Å². The summed E-state index contributed by atoms with van der Waals surface area (Å²) in [6, 6.07) is 3.09. The molecular weight excluding hydrogens is 217 g/mol. The number of halogens is 1. The Balaban J connectivity index is 2.90. The van der Waals surface area contributed by atoms with Crippen LogP contribution in [0, 0.1) is 5.82 Å². The number of carboxylic acid groups (broad SMARTS) is 1. The fourth-order valence-corrected chi connectivity index (χ4v) is 1.03. The van der Waals surface area contributed by atoms with E-state index in [1.54, 1.807) is 6.92 Å². The zero-order chi connectivity index (χ0) is 12.1. The molecule has 0 aliphatic rings. The molecule has 6 heteroatoms. The Labute approximate surface area is 90.8 Å². The summed E-state index contributed by atoms with van der Waals surface area (Å²) >= 11 is 0. The van der Waals surface area contributed by atoms with Gasteiger partial charge in [-0.15, -0.1) is 0 Å². The van der Waals surface area contributed by atoms with Gasteiger partial charge < -0.3 is 9.84 Å². The molecule has 2 N–H and O–H groups in total. The van der Waals surface area contributed by atoms with Gasteiger partial charge in [0.05, 0.1) is 17.9 Å². The average Bonchev–Trinajstić information content (AvgIpc) is 2.21. The van der Waals surface area contributed by atoms with Crippen LogP contribution >= 0.6 is 0 Å². The smallest absolute Gasteiger partial charge is 0.411 e. The maximum absolute atomic E-state index is 13.2. The Morgan fingerprint density at radius 3 is 2.75 bits per heavy atom. The van der Waals surface area contributed by atoms with Crippen LogP contribution in [0.1, 0.15) is 17.3 Å². The first-order chi connectivity index (χ1) is 7.54. The molecule has 0 atom stereocenters. The van der Waals surface area contributed by atoms with Crippen LogP contribution in [-0.2, 0) is 4.74 Å². The Morgan fingerprint density at radius 2 is 2.19 bits per heavy atom. The van der Waals surface area contributed by atoms with Gasteiger partial charge in [0.15, 0.2) is 0 Å². The number of aromatic carboxylic acids is 1. The summed E-state index contributed by atoms with van der Waals surface area (Å²) in [5.74, 6) is -1.93. The molecule has 5 nitrogen and oxygen atoms in total. The SMILES string of the molecule is CCOC(=O)Nc1cc(C(=O)O)ccc1F. The lowest BCUT2D eigenvalue weighted by Crippen LogP contribution is -2.14.